The summed E-state index contributed by atoms with van der Waals surface area (Å²) in [7, 11) is 0. The molecule has 36 valence electrons. The fraction of sp³-hybridized carbons (Fsp3) is 0. The first-order valence-corrected chi connectivity index (χ1v) is 8.15. The summed E-state index contributed by atoms with van der Waals surface area (Å²) < 4.78 is 18.8. The quantitative estimate of drug-likeness (QED) is 0.634. The Balaban J connectivity index is 3.81. The molecule has 0 aromatic carbocycles. The Bertz CT molecular complexity index is 89.7. The van der Waals surface area contributed by atoms with Crippen molar-refractivity contribution in [2.45, 2.75) is 0 Å². The second-order valence-corrected chi connectivity index (χ2v) is 9.16. The van der Waals surface area contributed by atoms with Crippen LogP contribution < -0.4 is 0 Å². The van der Waals surface area contributed by atoms with Crippen molar-refractivity contribution in [1.29, 1.82) is 0 Å². The molecular weight excluding hydrogens is 276 g/mol. The van der Waals surface area contributed by atoms with Crippen molar-refractivity contribution in [3.8, 4) is 0 Å². The van der Waals surface area contributed by atoms with Crippen LogP contribution in [0.4, 0.5) is 0 Å². The molecule has 0 rings (SSSR count). The van der Waals surface area contributed by atoms with E-state index >= 15 is 0 Å². The van der Waals surface area contributed by atoms with Crippen LogP contribution in [0.3, 0.4) is 0 Å². The monoisotopic (exact) mass is 278 g/mol. The third kappa shape index (κ3) is 4.69. The van der Waals surface area contributed by atoms with Crippen molar-refractivity contribution in [3.63, 3.8) is 0 Å². The van der Waals surface area contributed by atoms with Gasteiger partial charge < -0.3 is 0 Å². The average molecular weight is 278 g/mol. The van der Waals surface area contributed by atoms with E-state index in [1.807, 2.05) is 0 Å². The Morgan fingerprint density at radius 1 is 1.50 bits per heavy atom. The summed E-state index contributed by atoms with van der Waals surface area (Å²) in [4.78, 5) is 15.4. The number of rotatable bonds is 1. The van der Waals surface area contributed by atoms with E-state index in [4.69, 9.17) is 9.79 Å². The molecule has 0 aliphatic carbocycles. The Kier molecular flexibility index (Phi) is 2.36. The summed E-state index contributed by atoms with van der Waals surface area (Å²) in [5, 5.41) is 0. The molecule has 0 atom stereocenters. The fourth-order valence-corrected chi connectivity index (χ4v) is 0. The summed E-state index contributed by atoms with van der Waals surface area (Å²) in [5.41, 5.74) is -4.02. The third-order valence-electron chi connectivity index (χ3n) is 0.106. The summed E-state index contributed by atoms with van der Waals surface area (Å²) in [5.74, 6) is 0. The van der Waals surface area contributed by atoms with Gasteiger partial charge in [0.15, 0.2) is 0 Å². The van der Waals surface area contributed by atoms with Crippen LogP contribution in [-0.2, 0) is 27.0 Å². The van der Waals surface area contributed by atoms with Gasteiger partial charge in [-0.25, -0.2) is 0 Å². The summed E-state index contributed by atoms with van der Waals surface area (Å²) in [6, 6.07) is 0. The molecule has 0 aliphatic rings. The molecule has 4 nitrogen and oxygen atoms in total. The number of hydrogen-bond acceptors (Lipinski definition) is 2. The minimum absolute atomic E-state index is 2.64. The summed E-state index contributed by atoms with van der Waals surface area (Å²) >= 11 is -2.64. The molecule has 0 bridgehead atoms. The zero-order valence-corrected chi connectivity index (χ0v) is 6.71. The molecule has 0 amide bonds. The molecule has 0 aromatic heterocycles. The van der Waals surface area contributed by atoms with Crippen LogP contribution in [0.2, 0.25) is 0 Å². The predicted molar refractivity (Wildman–Crippen MR) is 12.7 cm³/mol. The zero-order chi connectivity index (χ0) is 5.21. The van der Waals surface area contributed by atoms with Crippen LogP contribution in [0, 0.1) is 0 Å². The van der Waals surface area contributed by atoms with Crippen molar-refractivity contribution in [2.24, 2.45) is 0 Å². The van der Waals surface area contributed by atoms with E-state index in [1.54, 1.807) is 0 Å². The van der Waals surface area contributed by atoms with Gasteiger partial charge in [0.2, 0.25) is 0 Å². The van der Waals surface area contributed by atoms with E-state index in [0.29, 0.717) is 0 Å². The fourth-order valence-electron chi connectivity index (χ4n) is 0. The topological polar surface area (TPSA) is 74.6 Å². The van der Waals surface area contributed by atoms with Gasteiger partial charge in [-0.05, 0) is 0 Å². The van der Waals surface area contributed by atoms with Crippen LogP contribution in [0.1, 0.15) is 0 Å². The maximum absolute atomic E-state index is 9.46. The second-order valence-electron chi connectivity index (χ2n) is 0.595. The van der Waals surface area contributed by atoms with Gasteiger partial charge in [-0.15, -0.1) is 0 Å². The maximum atomic E-state index is 9.46. The van der Waals surface area contributed by atoms with Crippen molar-refractivity contribution < 1.29 is 36.8 Å². The van der Waals surface area contributed by atoms with Gasteiger partial charge in [0.25, 0.3) is 0 Å². The Morgan fingerprint density at radius 2 is 1.67 bits per heavy atom. The van der Waals surface area contributed by atoms with Crippen molar-refractivity contribution in [1.82, 2.24) is 0 Å². The molecule has 0 aliphatic heterocycles. The SMILES string of the molecule is [O]=[Ta][P](=O)(O)O. The predicted octanol–water partition coefficient (Wildman–Crippen LogP) is -0.493. The van der Waals surface area contributed by atoms with E-state index < -0.39 is 24.7 Å². The first-order valence-electron chi connectivity index (χ1n) is 0.965. The van der Waals surface area contributed by atoms with E-state index in [1.165, 1.54) is 0 Å². The van der Waals surface area contributed by atoms with Gasteiger partial charge in [0.05, 0.1) is 0 Å². The Hall–Kier alpha value is 0.690. The second kappa shape index (κ2) is 2.12. The first-order chi connectivity index (χ1) is 2.56. The molecule has 0 saturated carbocycles. The minimum atomic E-state index is -4.02. The molecule has 2 N–H and O–H groups in total. The van der Waals surface area contributed by atoms with Crippen molar-refractivity contribution in [2.75, 3.05) is 0 Å². The van der Waals surface area contributed by atoms with Crippen LogP contribution >= 0.6 is 5.49 Å². The number of hydrogen-bond donors (Lipinski definition) is 2. The summed E-state index contributed by atoms with van der Waals surface area (Å²) in [6.07, 6.45) is 0. The molecule has 0 radical (unpaired) electrons. The van der Waals surface area contributed by atoms with E-state index in [0.717, 1.165) is 0 Å². The van der Waals surface area contributed by atoms with Gasteiger partial charge in [-0.3, -0.25) is 0 Å². The zero-order valence-electron chi connectivity index (χ0n) is 2.61. The van der Waals surface area contributed by atoms with Crippen molar-refractivity contribution >= 4 is 5.49 Å². The molecule has 0 saturated heterocycles. The van der Waals surface area contributed by atoms with Crippen LogP contribution in [0.5, 0.6) is 0 Å². The Labute approximate surface area is 42.8 Å². The normalized spacial score (nSPS) is 11.0. The summed E-state index contributed by atoms with van der Waals surface area (Å²) in [6.45, 7) is 0. The molecular formula is H2O4PTa. The van der Waals surface area contributed by atoms with Gasteiger partial charge in [-0.1, -0.05) is 0 Å². The molecule has 0 heterocycles. The van der Waals surface area contributed by atoms with Gasteiger partial charge in [-0.2, -0.15) is 0 Å². The van der Waals surface area contributed by atoms with E-state index in [9.17, 15) is 7.82 Å². The first kappa shape index (κ1) is 6.69. The molecule has 0 unspecified atom stereocenters. The standard InChI is InChI=1S/HO3P.O.Ta/c1-4(2)3;;/h(H-,1,2,3);;/q;;-1/p+1. The molecule has 6 heavy (non-hydrogen) atoms. The van der Waals surface area contributed by atoms with Crippen LogP contribution in [0.15, 0.2) is 0 Å². The van der Waals surface area contributed by atoms with E-state index in [2.05, 4.69) is 0 Å². The van der Waals surface area contributed by atoms with E-state index in [-0.39, 0.29) is 0 Å². The van der Waals surface area contributed by atoms with Gasteiger partial charge in [0.1, 0.15) is 0 Å². The average Bonchev–Trinajstić information content (AvgIpc) is 1.35. The Morgan fingerprint density at radius 3 is 1.67 bits per heavy atom. The molecule has 0 fully saturated rings. The van der Waals surface area contributed by atoms with Crippen LogP contribution in [0.25, 0.3) is 0 Å². The van der Waals surface area contributed by atoms with Gasteiger partial charge >= 0.3 is 42.3 Å². The molecule has 0 aromatic rings. The third-order valence-corrected chi connectivity index (χ3v) is 2.61. The molecule has 6 heteroatoms. The van der Waals surface area contributed by atoms with Crippen molar-refractivity contribution in [3.05, 3.63) is 0 Å². The van der Waals surface area contributed by atoms with Crippen LogP contribution in [-0.4, -0.2) is 9.79 Å². The molecule has 0 spiro atoms. The van der Waals surface area contributed by atoms with Gasteiger partial charge in [0, 0.05) is 0 Å².